The average molecular weight is 837 g/mol. The smallest absolute Gasteiger partial charge is 0.220 e. The van der Waals surface area contributed by atoms with Crippen LogP contribution in [0, 0.1) is 24.7 Å². The van der Waals surface area contributed by atoms with E-state index in [4.69, 9.17) is 46.0 Å². The Bertz CT molecular complexity index is 1540. The molecule has 2 aromatic carbocycles. The van der Waals surface area contributed by atoms with Crippen LogP contribution in [0.15, 0.2) is 48.5 Å². The summed E-state index contributed by atoms with van der Waals surface area (Å²) >= 11 is 0. The lowest BCUT2D eigenvalue weighted by Crippen LogP contribution is -2.53. The van der Waals surface area contributed by atoms with E-state index in [9.17, 15) is 19.5 Å². The second-order valence-corrected chi connectivity index (χ2v) is 13.9. The van der Waals surface area contributed by atoms with Gasteiger partial charge in [-0.3, -0.25) is 19.7 Å². The number of aliphatic hydroxyl groups is 1. The first kappa shape index (κ1) is 50.0. The highest BCUT2D eigenvalue weighted by molar-refractivity contribution is 5.79. The summed E-state index contributed by atoms with van der Waals surface area (Å²) in [6, 6.07) is 16.2. The minimum atomic E-state index is -1.49. The zero-order chi connectivity index (χ0) is 43.1. The van der Waals surface area contributed by atoms with Gasteiger partial charge in [0.2, 0.25) is 24.1 Å². The van der Waals surface area contributed by atoms with Crippen molar-refractivity contribution in [3.63, 3.8) is 0 Å². The Kier molecular flexibility index (Phi) is 25.5. The standard InChI is InChI=1S/C45H64N4O11/c1-4-24-55-31-33-58-27-22-47-42(51)16-19-45(18-15-41(50)46-21-26-57-30-29-54-6-3,20-17-43(52)48-23-28-59-34-32-56-25-5-2)49-44(53)60-35-40-38-13-9-7-11-36(38)37-12-8-10-14-39(37)40/h1-2,7-14,40,44,49,53H,6,15-35H2,3H3,(H,46,50)(H,47,51)(H,48,52). The van der Waals surface area contributed by atoms with Crippen LogP contribution in [-0.4, -0.2) is 140 Å². The molecule has 60 heavy (non-hydrogen) atoms. The Morgan fingerprint density at radius 3 is 1.45 bits per heavy atom. The predicted molar refractivity (Wildman–Crippen MR) is 227 cm³/mol. The van der Waals surface area contributed by atoms with Crippen LogP contribution < -0.4 is 21.3 Å². The normalized spacial score (nSPS) is 12.5. The highest BCUT2D eigenvalue weighted by Crippen LogP contribution is 2.44. The lowest BCUT2D eigenvalue weighted by Gasteiger charge is -2.37. The molecule has 0 aliphatic heterocycles. The zero-order valence-corrected chi connectivity index (χ0v) is 35.0. The van der Waals surface area contributed by atoms with Crippen molar-refractivity contribution in [2.45, 2.75) is 63.3 Å². The van der Waals surface area contributed by atoms with Gasteiger partial charge in [-0.05, 0) is 48.4 Å². The van der Waals surface area contributed by atoms with Crippen LogP contribution >= 0.6 is 0 Å². The summed E-state index contributed by atoms with van der Waals surface area (Å²) in [6.07, 6.45) is 9.52. The molecule has 15 nitrogen and oxygen atoms in total. The van der Waals surface area contributed by atoms with Crippen LogP contribution in [-0.2, 0) is 47.5 Å². The number of aliphatic hydroxyl groups excluding tert-OH is 1. The zero-order valence-electron chi connectivity index (χ0n) is 35.0. The van der Waals surface area contributed by atoms with Crippen molar-refractivity contribution in [2.75, 3.05) is 106 Å². The molecule has 1 aliphatic rings. The Morgan fingerprint density at radius 2 is 1.03 bits per heavy atom. The first-order chi connectivity index (χ1) is 29.3. The summed E-state index contributed by atoms with van der Waals surface area (Å²) in [5.41, 5.74) is 3.34. The molecule has 15 heteroatoms. The number of fused-ring (bicyclic) bond motifs is 3. The van der Waals surface area contributed by atoms with Crippen molar-refractivity contribution in [3.05, 3.63) is 59.7 Å². The van der Waals surface area contributed by atoms with E-state index in [-0.39, 0.29) is 108 Å². The molecule has 0 aromatic heterocycles. The van der Waals surface area contributed by atoms with Crippen molar-refractivity contribution in [1.29, 1.82) is 0 Å². The van der Waals surface area contributed by atoms with E-state index in [1.54, 1.807) is 0 Å². The van der Waals surface area contributed by atoms with E-state index >= 15 is 0 Å². The molecular weight excluding hydrogens is 773 g/mol. The van der Waals surface area contributed by atoms with Gasteiger partial charge in [0.1, 0.15) is 13.2 Å². The molecule has 5 N–H and O–H groups in total. The molecule has 1 atom stereocenters. The Hall–Kier alpha value is -4.39. The van der Waals surface area contributed by atoms with E-state index in [2.05, 4.69) is 57.4 Å². The molecule has 2 aromatic rings. The lowest BCUT2D eigenvalue weighted by atomic mass is 9.83. The van der Waals surface area contributed by atoms with Crippen molar-refractivity contribution >= 4 is 17.7 Å². The first-order valence-electron chi connectivity index (χ1n) is 20.7. The maximum Gasteiger partial charge on any atom is 0.220 e. The van der Waals surface area contributed by atoms with Crippen molar-refractivity contribution < 1.29 is 52.6 Å². The highest BCUT2D eigenvalue weighted by atomic mass is 16.6. The number of nitrogens with one attached hydrogen (secondary N) is 4. The van der Waals surface area contributed by atoms with E-state index in [0.717, 1.165) is 22.3 Å². The largest absolute Gasteiger partial charge is 0.379 e. The lowest BCUT2D eigenvalue weighted by molar-refractivity contribution is -0.143. The van der Waals surface area contributed by atoms with E-state index < -0.39 is 12.0 Å². The Balaban J connectivity index is 1.70. The molecule has 1 aliphatic carbocycles. The molecule has 0 saturated heterocycles. The number of ether oxygens (including phenoxy) is 7. The number of hydrogen-bond acceptors (Lipinski definition) is 12. The average Bonchev–Trinajstić information content (AvgIpc) is 3.58. The third-order valence-corrected chi connectivity index (χ3v) is 9.70. The molecule has 0 saturated carbocycles. The number of carbonyl (C=O) groups is 3. The molecule has 330 valence electrons. The van der Waals surface area contributed by atoms with Crippen molar-refractivity contribution in [2.24, 2.45) is 0 Å². The van der Waals surface area contributed by atoms with E-state index in [1.807, 2.05) is 31.2 Å². The number of amides is 3. The summed E-state index contributed by atoms with van der Waals surface area (Å²) in [6.45, 7) is 6.95. The van der Waals surface area contributed by atoms with Gasteiger partial charge in [0.15, 0.2) is 0 Å². The first-order valence-corrected chi connectivity index (χ1v) is 20.7. The third kappa shape index (κ3) is 19.8. The fourth-order valence-electron chi connectivity index (χ4n) is 6.70. The van der Waals surface area contributed by atoms with Crippen LogP contribution in [0.2, 0.25) is 0 Å². The number of terminal acetylenes is 2. The monoisotopic (exact) mass is 836 g/mol. The maximum atomic E-state index is 13.2. The summed E-state index contributed by atoms with van der Waals surface area (Å²) in [7, 11) is 0. The SMILES string of the molecule is C#CCOCCOCCNC(=O)CCC(CCC(=O)NCCOCCOCC)(CCC(=O)NCCOCCOCC#C)NC(O)OCC1c2ccccc2-c2ccccc21. The molecule has 0 fully saturated rings. The predicted octanol–water partition coefficient (Wildman–Crippen LogP) is 2.49. The van der Waals surface area contributed by atoms with Gasteiger partial charge in [0.05, 0.1) is 66.1 Å². The van der Waals surface area contributed by atoms with Crippen molar-refractivity contribution in [1.82, 2.24) is 21.3 Å². The molecule has 3 amide bonds. The quantitative estimate of drug-likeness (QED) is 0.0389. The van der Waals surface area contributed by atoms with Gasteiger partial charge in [0.25, 0.3) is 0 Å². The molecule has 0 heterocycles. The summed E-state index contributed by atoms with van der Waals surface area (Å²) in [5.74, 6) is 3.89. The number of carbonyl (C=O) groups excluding carboxylic acids is 3. The van der Waals surface area contributed by atoms with Crippen LogP contribution in [0.4, 0.5) is 0 Å². The molecular formula is C45H64N4O11. The molecule has 3 rings (SSSR count). The van der Waals surface area contributed by atoms with Crippen LogP contribution in [0.3, 0.4) is 0 Å². The van der Waals surface area contributed by atoms with Gasteiger partial charge >= 0.3 is 0 Å². The second-order valence-electron chi connectivity index (χ2n) is 13.9. The molecule has 1 unspecified atom stereocenters. The molecule has 0 spiro atoms. The van der Waals surface area contributed by atoms with Crippen LogP contribution in [0.25, 0.3) is 11.1 Å². The molecule has 0 bridgehead atoms. The summed E-state index contributed by atoms with van der Waals surface area (Å²) in [4.78, 5) is 39.5. The summed E-state index contributed by atoms with van der Waals surface area (Å²) in [5, 5.41) is 23.3. The number of benzene rings is 2. The fourth-order valence-corrected chi connectivity index (χ4v) is 6.70. The van der Waals surface area contributed by atoms with Gasteiger partial charge in [0, 0.05) is 57.0 Å². The Labute approximate surface area is 355 Å². The summed E-state index contributed by atoms with van der Waals surface area (Å²) < 4.78 is 38.4. The Morgan fingerprint density at radius 1 is 0.633 bits per heavy atom. The van der Waals surface area contributed by atoms with Gasteiger partial charge in [-0.1, -0.05) is 60.4 Å². The highest BCUT2D eigenvalue weighted by Gasteiger charge is 2.35. The fraction of sp³-hybridized carbons (Fsp3) is 0.578. The van der Waals surface area contributed by atoms with Crippen LogP contribution in [0.5, 0.6) is 0 Å². The van der Waals surface area contributed by atoms with E-state index in [0.29, 0.717) is 59.4 Å². The van der Waals surface area contributed by atoms with Crippen molar-refractivity contribution in [3.8, 4) is 35.8 Å². The minimum Gasteiger partial charge on any atom is -0.379 e. The van der Waals surface area contributed by atoms with Gasteiger partial charge < -0.3 is 54.2 Å². The molecule has 0 radical (unpaired) electrons. The van der Waals surface area contributed by atoms with Gasteiger partial charge in [-0.25, -0.2) is 0 Å². The second kappa shape index (κ2) is 30.6. The number of hydrogen-bond donors (Lipinski definition) is 5. The topological polar surface area (TPSA) is 184 Å². The van der Waals surface area contributed by atoms with Gasteiger partial charge in [-0.2, -0.15) is 0 Å². The van der Waals surface area contributed by atoms with E-state index in [1.165, 1.54) is 0 Å². The maximum absolute atomic E-state index is 13.2. The number of rotatable bonds is 35. The minimum absolute atomic E-state index is 0.0286. The third-order valence-electron chi connectivity index (χ3n) is 9.70. The van der Waals surface area contributed by atoms with Gasteiger partial charge in [-0.15, -0.1) is 12.8 Å². The van der Waals surface area contributed by atoms with Crippen LogP contribution in [0.1, 0.15) is 62.5 Å².